The lowest BCUT2D eigenvalue weighted by molar-refractivity contribution is 0.0560. The molecule has 2 unspecified atom stereocenters. The molecule has 0 saturated heterocycles. The highest BCUT2D eigenvalue weighted by atomic mass is 16.5. The summed E-state index contributed by atoms with van der Waals surface area (Å²) >= 11 is 0. The summed E-state index contributed by atoms with van der Waals surface area (Å²) in [4.78, 5) is 0. The first-order valence-corrected chi connectivity index (χ1v) is 12.3. The molecule has 0 heterocycles. The largest absolute Gasteiger partial charge is 0.493 e. The van der Waals surface area contributed by atoms with E-state index in [4.69, 9.17) is 9.84 Å². The third kappa shape index (κ3) is 8.26. The van der Waals surface area contributed by atoms with E-state index in [2.05, 4.69) is 77.9 Å². The Hall–Kier alpha value is -1.84. The maximum atomic E-state index is 10.4. The van der Waals surface area contributed by atoms with E-state index in [1.165, 1.54) is 22.3 Å². The van der Waals surface area contributed by atoms with Crippen molar-refractivity contribution in [1.29, 1.82) is 0 Å². The van der Waals surface area contributed by atoms with Crippen molar-refractivity contribution in [2.75, 3.05) is 13.2 Å². The van der Waals surface area contributed by atoms with Crippen LogP contribution in [-0.4, -0.2) is 29.5 Å². The van der Waals surface area contributed by atoms with Crippen LogP contribution in [0.3, 0.4) is 0 Å². The van der Waals surface area contributed by atoms with Crippen LogP contribution in [0.4, 0.5) is 0 Å². The second kappa shape index (κ2) is 13.6. The van der Waals surface area contributed by atoms with Crippen LogP contribution in [0.25, 0.3) is 0 Å². The van der Waals surface area contributed by atoms with E-state index >= 15 is 0 Å². The van der Waals surface area contributed by atoms with Gasteiger partial charge < -0.3 is 14.9 Å². The van der Waals surface area contributed by atoms with Crippen LogP contribution in [0, 0.1) is 19.3 Å². The molecule has 0 amide bonds. The molecule has 3 nitrogen and oxygen atoms in total. The van der Waals surface area contributed by atoms with E-state index in [0.717, 1.165) is 30.6 Å². The van der Waals surface area contributed by atoms with Gasteiger partial charge in [-0.1, -0.05) is 71.9 Å². The zero-order valence-electron chi connectivity index (χ0n) is 21.7. The Morgan fingerprint density at radius 1 is 0.938 bits per heavy atom. The number of aryl methyl sites for hydroxylation is 3. The Labute approximate surface area is 196 Å². The minimum Gasteiger partial charge on any atom is -0.493 e. The fourth-order valence-corrected chi connectivity index (χ4v) is 3.90. The average Bonchev–Trinajstić information content (AvgIpc) is 2.76. The molecule has 0 saturated carbocycles. The molecule has 32 heavy (non-hydrogen) atoms. The Kier molecular flexibility index (Phi) is 12.0. The Balaban J connectivity index is 0.00000249. The van der Waals surface area contributed by atoms with Gasteiger partial charge in [-0.2, -0.15) is 0 Å². The number of hydrogen-bond donors (Lipinski definition) is 2. The van der Waals surface area contributed by atoms with Crippen molar-refractivity contribution in [3.05, 3.63) is 64.2 Å². The summed E-state index contributed by atoms with van der Waals surface area (Å²) < 4.78 is 5.78. The molecular formula is C29H46O3. The number of aliphatic hydroxyl groups excluding tert-OH is 2. The van der Waals surface area contributed by atoms with Crippen molar-refractivity contribution in [1.82, 2.24) is 0 Å². The van der Waals surface area contributed by atoms with Gasteiger partial charge in [-0.3, -0.25) is 0 Å². The van der Waals surface area contributed by atoms with Gasteiger partial charge in [0.05, 0.1) is 12.7 Å². The molecule has 0 spiro atoms. The molecule has 0 aliphatic heterocycles. The molecule has 2 atom stereocenters. The summed E-state index contributed by atoms with van der Waals surface area (Å²) in [5, 5.41) is 19.3. The van der Waals surface area contributed by atoms with Crippen LogP contribution in [0.2, 0.25) is 0 Å². The molecule has 0 aliphatic carbocycles. The van der Waals surface area contributed by atoms with E-state index in [0.29, 0.717) is 18.9 Å². The summed E-state index contributed by atoms with van der Waals surface area (Å²) in [5.74, 6) is 1.24. The SMILES string of the molecule is CC.CCC(c1ccc(CCC(O)C(C)(C)C)c(C)c1)c1ccc(OCCCO)c(C)c1. The zero-order valence-corrected chi connectivity index (χ0v) is 21.7. The third-order valence-electron chi connectivity index (χ3n) is 6.03. The van der Waals surface area contributed by atoms with Gasteiger partial charge in [-0.15, -0.1) is 0 Å². The van der Waals surface area contributed by atoms with E-state index < -0.39 is 0 Å². The second-order valence-corrected chi connectivity index (χ2v) is 9.52. The van der Waals surface area contributed by atoms with Gasteiger partial charge >= 0.3 is 0 Å². The van der Waals surface area contributed by atoms with E-state index in [1.54, 1.807) is 0 Å². The third-order valence-corrected chi connectivity index (χ3v) is 6.03. The van der Waals surface area contributed by atoms with Crippen molar-refractivity contribution < 1.29 is 14.9 Å². The molecule has 0 fully saturated rings. The van der Waals surface area contributed by atoms with Crippen LogP contribution in [0.15, 0.2) is 36.4 Å². The molecule has 2 N–H and O–H groups in total. The minimum absolute atomic E-state index is 0.0764. The number of rotatable bonds is 10. The minimum atomic E-state index is -0.291. The molecule has 180 valence electrons. The normalized spacial score (nSPS) is 13.2. The van der Waals surface area contributed by atoms with E-state index in [-0.39, 0.29) is 18.1 Å². The predicted molar refractivity (Wildman–Crippen MR) is 137 cm³/mol. The molecule has 0 aliphatic rings. The van der Waals surface area contributed by atoms with Gasteiger partial charge in [0.1, 0.15) is 5.75 Å². The molecule has 0 aromatic heterocycles. The topological polar surface area (TPSA) is 49.7 Å². The van der Waals surface area contributed by atoms with Crippen LogP contribution in [0.5, 0.6) is 5.75 Å². The van der Waals surface area contributed by atoms with Crippen LogP contribution >= 0.6 is 0 Å². The standard InChI is InChI=1S/C27H40O3.C2H6/c1-7-24(23-11-13-25(20(3)18-23)30-16-8-15-28)22-10-9-21(19(2)17-22)12-14-26(29)27(4,5)6;1-2/h9-11,13,17-18,24,26,28-29H,7-8,12,14-16H2,1-6H3;1-2H3. The van der Waals surface area contributed by atoms with Gasteiger partial charge in [-0.05, 0) is 72.4 Å². The molecule has 3 heteroatoms. The highest BCUT2D eigenvalue weighted by Crippen LogP contribution is 2.32. The molecule has 0 bridgehead atoms. The first-order chi connectivity index (χ1) is 15.2. The summed E-state index contributed by atoms with van der Waals surface area (Å²) in [6, 6.07) is 13.3. The van der Waals surface area contributed by atoms with Crippen LogP contribution < -0.4 is 4.74 Å². The highest BCUT2D eigenvalue weighted by molar-refractivity contribution is 5.43. The van der Waals surface area contributed by atoms with Gasteiger partial charge in [-0.25, -0.2) is 0 Å². The van der Waals surface area contributed by atoms with Gasteiger partial charge in [0.15, 0.2) is 0 Å². The lowest BCUT2D eigenvalue weighted by atomic mass is 9.84. The number of hydrogen-bond acceptors (Lipinski definition) is 3. The van der Waals surface area contributed by atoms with E-state index in [9.17, 15) is 5.11 Å². The van der Waals surface area contributed by atoms with Crippen LogP contribution in [-0.2, 0) is 6.42 Å². The maximum absolute atomic E-state index is 10.4. The zero-order chi connectivity index (χ0) is 24.3. The summed E-state index contributed by atoms with van der Waals surface area (Å²) in [6.45, 7) is 17.4. The molecule has 0 radical (unpaired) electrons. The van der Waals surface area contributed by atoms with Crippen molar-refractivity contribution >= 4 is 0 Å². The number of aliphatic hydroxyl groups is 2. The van der Waals surface area contributed by atoms with Crippen molar-refractivity contribution in [3.63, 3.8) is 0 Å². The van der Waals surface area contributed by atoms with Crippen molar-refractivity contribution in [3.8, 4) is 5.75 Å². The quantitative estimate of drug-likeness (QED) is 0.391. The first kappa shape index (κ1) is 28.2. The fourth-order valence-electron chi connectivity index (χ4n) is 3.90. The maximum Gasteiger partial charge on any atom is 0.122 e. The summed E-state index contributed by atoms with van der Waals surface area (Å²) in [5.41, 5.74) is 6.32. The average molecular weight is 443 g/mol. The predicted octanol–water partition coefficient (Wildman–Crippen LogP) is 6.97. The summed E-state index contributed by atoms with van der Waals surface area (Å²) in [7, 11) is 0. The Morgan fingerprint density at radius 3 is 2.03 bits per heavy atom. The van der Waals surface area contributed by atoms with Crippen LogP contribution in [0.1, 0.15) is 94.5 Å². The van der Waals surface area contributed by atoms with Crippen molar-refractivity contribution in [2.45, 2.75) is 93.1 Å². The first-order valence-electron chi connectivity index (χ1n) is 12.3. The van der Waals surface area contributed by atoms with Gasteiger partial charge in [0.25, 0.3) is 0 Å². The number of benzene rings is 2. The lowest BCUT2D eigenvalue weighted by Crippen LogP contribution is -2.26. The fraction of sp³-hybridized carbons (Fsp3) is 0.586. The van der Waals surface area contributed by atoms with Gasteiger partial charge in [0, 0.05) is 18.9 Å². The number of ether oxygens (including phenoxy) is 1. The Morgan fingerprint density at radius 2 is 1.53 bits per heavy atom. The smallest absolute Gasteiger partial charge is 0.122 e. The molecule has 2 aromatic carbocycles. The molecule has 2 rings (SSSR count). The van der Waals surface area contributed by atoms with E-state index in [1.807, 2.05) is 13.8 Å². The molecular weight excluding hydrogens is 396 g/mol. The molecule has 2 aromatic rings. The van der Waals surface area contributed by atoms with Gasteiger partial charge in [0.2, 0.25) is 0 Å². The summed E-state index contributed by atoms with van der Waals surface area (Å²) in [6.07, 6.45) is 3.09. The van der Waals surface area contributed by atoms with Crippen molar-refractivity contribution in [2.24, 2.45) is 5.41 Å². The second-order valence-electron chi connectivity index (χ2n) is 9.52. The highest BCUT2D eigenvalue weighted by Gasteiger charge is 2.22. The lowest BCUT2D eigenvalue weighted by Gasteiger charge is -2.26. The Bertz CT molecular complexity index is 805. The monoisotopic (exact) mass is 442 g/mol.